The minimum Gasteiger partial charge on any atom is -0.478 e. The molecule has 10 heteroatoms. The molecule has 4 aromatic heterocycles. The Hall–Kier alpha value is -3.53. The van der Waals surface area contributed by atoms with Crippen molar-refractivity contribution in [2.45, 2.75) is 26.8 Å². The molecule has 0 aromatic carbocycles. The molecule has 0 aliphatic heterocycles. The standard InChI is InChI=1S/C20H23N7O3/c1-3-28-10-5-11-29-16-7-4-6-14(22-16)12-27-19-18(25-26-27)17(23-20(21)24-19)15-9-8-13(2)30-15/h4,6-9H,3,5,10-12H2,1-2H3,(H2,21,23,24). The minimum absolute atomic E-state index is 0.120. The van der Waals surface area contributed by atoms with Crippen LogP contribution in [0.5, 0.6) is 5.88 Å². The van der Waals surface area contributed by atoms with E-state index >= 15 is 0 Å². The average molecular weight is 409 g/mol. The van der Waals surface area contributed by atoms with E-state index in [2.05, 4.69) is 25.3 Å². The van der Waals surface area contributed by atoms with Gasteiger partial charge in [0.25, 0.3) is 0 Å². The first-order valence-corrected chi connectivity index (χ1v) is 9.74. The molecular formula is C20H23N7O3. The van der Waals surface area contributed by atoms with Crippen LogP contribution in [0.15, 0.2) is 34.7 Å². The van der Waals surface area contributed by atoms with Crippen LogP contribution in [0.1, 0.15) is 24.8 Å². The molecular weight excluding hydrogens is 386 g/mol. The Morgan fingerprint density at radius 3 is 2.80 bits per heavy atom. The summed E-state index contributed by atoms with van der Waals surface area (Å²) in [7, 11) is 0. The highest BCUT2D eigenvalue weighted by atomic mass is 16.5. The molecule has 0 atom stereocenters. The fourth-order valence-electron chi connectivity index (χ4n) is 2.97. The highest BCUT2D eigenvalue weighted by Crippen LogP contribution is 2.27. The van der Waals surface area contributed by atoms with Crippen LogP contribution in [-0.2, 0) is 11.3 Å². The second-order valence-electron chi connectivity index (χ2n) is 6.63. The maximum Gasteiger partial charge on any atom is 0.222 e. The average Bonchev–Trinajstić information content (AvgIpc) is 3.34. The van der Waals surface area contributed by atoms with E-state index in [9.17, 15) is 0 Å². The molecule has 0 fully saturated rings. The quantitative estimate of drug-likeness (QED) is 0.415. The molecule has 0 radical (unpaired) electrons. The van der Waals surface area contributed by atoms with Gasteiger partial charge in [0.1, 0.15) is 11.5 Å². The number of aromatic nitrogens is 6. The zero-order chi connectivity index (χ0) is 20.9. The third kappa shape index (κ3) is 4.38. The van der Waals surface area contributed by atoms with Gasteiger partial charge in [-0.2, -0.15) is 4.98 Å². The third-order valence-electron chi connectivity index (χ3n) is 4.33. The van der Waals surface area contributed by atoms with Crippen molar-refractivity contribution in [3.05, 3.63) is 41.8 Å². The number of aryl methyl sites for hydroxylation is 1. The lowest BCUT2D eigenvalue weighted by atomic mass is 10.3. The first-order chi connectivity index (χ1) is 14.6. The molecule has 0 unspecified atom stereocenters. The van der Waals surface area contributed by atoms with Crippen LogP contribution < -0.4 is 10.5 Å². The Kier molecular flexibility index (Phi) is 5.84. The second-order valence-corrected chi connectivity index (χ2v) is 6.63. The Morgan fingerprint density at radius 1 is 1.10 bits per heavy atom. The van der Waals surface area contributed by atoms with Crippen molar-refractivity contribution in [3.8, 4) is 17.3 Å². The highest BCUT2D eigenvalue weighted by molar-refractivity contribution is 5.86. The summed E-state index contributed by atoms with van der Waals surface area (Å²) in [5, 5.41) is 8.46. The van der Waals surface area contributed by atoms with Crippen LogP contribution in [0, 0.1) is 6.92 Å². The molecule has 0 aliphatic carbocycles. The number of pyridine rings is 1. The largest absolute Gasteiger partial charge is 0.478 e. The summed E-state index contributed by atoms with van der Waals surface area (Å²) in [5.41, 5.74) is 8.22. The van der Waals surface area contributed by atoms with Gasteiger partial charge in [0.15, 0.2) is 16.9 Å². The lowest BCUT2D eigenvalue weighted by Crippen LogP contribution is -2.08. The van der Waals surface area contributed by atoms with Gasteiger partial charge in [0.05, 0.1) is 18.8 Å². The number of fused-ring (bicyclic) bond motifs is 1. The third-order valence-corrected chi connectivity index (χ3v) is 4.33. The van der Waals surface area contributed by atoms with Crippen molar-refractivity contribution >= 4 is 17.1 Å². The van der Waals surface area contributed by atoms with Gasteiger partial charge in [-0.3, -0.25) is 0 Å². The molecule has 0 saturated carbocycles. The van der Waals surface area contributed by atoms with E-state index in [1.165, 1.54) is 0 Å². The van der Waals surface area contributed by atoms with Crippen LogP contribution in [0.3, 0.4) is 0 Å². The van der Waals surface area contributed by atoms with Crippen molar-refractivity contribution in [2.24, 2.45) is 0 Å². The predicted octanol–water partition coefficient (Wildman–Crippen LogP) is 2.62. The highest BCUT2D eigenvalue weighted by Gasteiger charge is 2.18. The zero-order valence-corrected chi connectivity index (χ0v) is 16.9. The van der Waals surface area contributed by atoms with Crippen LogP contribution in [0.4, 0.5) is 5.95 Å². The molecule has 156 valence electrons. The molecule has 0 amide bonds. The summed E-state index contributed by atoms with van der Waals surface area (Å²) in [6, 6.07) is 9.28. The number of anilines is 1. The summed E-state index contributed by atoms with van der Waals surface area (Å²) < 4.78 is 18.3. The zero-order valence-electron chi connectivity index (χ0n) is 16.9. The summed E-state index contributed by atoms with van der Waals surface area (Å²) in [6.45, 7) is 6.10. The van der Waals surface area contributed by atoms with E-state index in [-0.39, 0.29) is 5.95 Å². The fraction of sp³-hybridized carbons (Fsp3) is 0.350. The Labute approximate surface area is 173 Å². The van der Waals surface area contributed by atoms with Crippen LogP contribution in [0.2, 0.25) is 0 Å². The van der Waals surface area contributed by atoms with E-state index in [1.807, 2.05) is 44.2 Å². The number of furan rings is 1. The topological polar surface area (TPSA) is 127 Å². The molecule has 4 heterocycles. The van der Waals surface area contributed by atoms with E-state index in [4.69, 9.17) is 19.6 Å². The number of nitrogens with zero attached hydrogens (tertiary/aromatic N) is 6. The number of ether oxygens (including phenoxy) is 2. The lowest BCUT2D eigenvalue weighted by molar-refractivity contribution is 0.130. The number of nitrogens with two attached hydrogens (primary N) is 1. The van der Waals surface area contributed by atoms with Gasteiger partial charge >= 0.3 is 0 Å². The van der Waals surface area contributed by atoms with Crippen LogP contribution in [0.25, 0.3) is 22.6 Å². The SMILES string of the molecule is CCOCCCOc1cccc(Cn2nnc3c(-c4ccc(C)o4)nc(N)nc32)n1. The smallest absolute Gasteiger partial charge is 0.222 e. The summed E-state index contributed by atoms with van der Waals surface area (Å²) >= 11 is 0. The van der Waals surface area contributed by atoms with Crippen molar-refractivity contribution < 1.29 is 13.9 Å². The first kappa shape index (κ1) is 19.8. The Balaban J connectivity index is 1.55. The van der Waals surface area contributed by atoms with Gasteiger partial charge in [-0.1, -0.05) is 11.3 Å². The molecule has 0 saturated heterocycles. The number of hydrogen-bond acceptors (Lipinski definition) is 9. The lowest BCUT2D eigenvalue weighted by Gasteiger charge is -2.07. The summed E-state index contributed by atoms with van der Waals surface area (Å²) in [4.78, 5) is 13.1. The van der Waals surface area contributed by atoms with Gasteiger partial charge in [-0.05, 0) is 32.0 Å². The molecule has 4 rings (SSSR count). The number of rotatable bonds is 9. The van der Waals surface area contributed by atoms with Crippen molar-refractivity contribution in [1.82, 2.24) is 29.9 Å². The maximum atomic E-state index is 5.93. The Bertz CT molecular complexity index is 1140. The van der Waals surface area contributed by atoms with Gasteiger partial charge in [-0.15, -0.1) is 5.10 Å². The molecule has 2 N–H and O–H groups in total. The number of nitrogen functional groups attached to an aromatic ring is 1. The monoisotopic (exact) mass is 409 g/mol. The molecule has 0 aliphatic rings. The van der Waals surface area contributed by atoms with Gasteiger partial charge in [-0.25, -0.2) is 14.6 Å². The number of hydrogen-bond donors (Lipinski definition) is 1. The molecule has 10 nitrogen and oxygen atoms in total. The van der Waals surface area contributed by atoms with Crippen molar-refractivity contribution in [2.75, 3.05) is 25.6 Å². The molecule has 30 heavy (non-hydrogen) atoms. The van der Waals surface area contributed by atoms with E-state index in [1.54, 1.807) is 4.68 Å². The Morgan fingerprint density at radius 2 is 2.00 bits per heavy atom. The second kappa shape index (κ2) is 8.87. The van der Waals surface area contributed by atoms with Crippen LogP contribution in [-0.4, -0.2) is 49.8 Å². The van der Waals surface area contributed by atoms with Crippen LogP contribution >= 0.6 is 0 Å². The summed E-state index contributed by atoms with van der Waals surface area (Å²) in [6.07, 6.45) is 0.804. The van der Waals surface area contributed by atoms with Crippen molar-refractivity contribution in [1.29, 1.82) is 0 Å². The van der Waals surface area contributed by atoms with Gasteiger partial charge in [0, 0.05) is 25.7 Å². The van der Waals surface area contributed by atoms with Gasteiger partial charge in [0.2, 0.25) is 11.8 Å². The summed E-state index contributed by atoms with van der Waals surface area (Å²) in [5.74, 6) is 2.01. The maximum absolute atomic E-state index is 5.93. The van der Waals surface area contributed by atoms with E-state index in [0.29, 0.717) is 54.9 Å². The molecule has 0 spiro atoms. The predicted molar refractivity (Wildman–Crippen MR) is 110 cm³/mol. The van der Waals surface area contributed by atoms with Crippen molar-refractivity contribution in [3.63, 3.8) is 0 Å². The minimum atomic E-state index is 0.120. The fourth-order valence-corrected chi connectivity index (χ4v) is 2.97. The normalized spacial score (nSPS) is 11.3. The molecule has 4 aromatic rings. The van der Waals surface area contributed by atoms with E-state index in [0.717, 1.165) is 17.9 Å². The first-order valence-electron chi connectivity index (χ1n) is 9.74. The molecule has 0 bridgehead atoms. The van der Waals surface area contributed by atoms with E-state index < -0.39 is 0 Å². The van der Waals surface area contributed by atoms with Gasteiger partial charge < -0.3 is 19.6 Å².